The number of benzene rings is 2. The molecule has 7 nitrogen and oxygen atoms in total. The van der Waals surface area contributed by atoms with Crippen LogP contribution in [0.1, 0.15) is 19.4 Å². The fourth-order valence-electron chi connectivity index (χ4n) is 3.75. The summed E-state index contributed by atoms with van der Waals surface area (Å²) in [5.74, 6) is -0.840. The van der Waals surface area contributed by atoms with E-state index >= 15 is 0 Å². The van der Waals surface area contributed by atoms with Crippen LogP contribution in [0.25, 0.3) is 0 Å². The van der Waals surface area contributed by atoms with E-state index in [4.69, 9.17) is 0 Å². The molecule has 150 valence electrons. The van der Waals surface area contributed by atoms with Gasteiger partial charge in [-0.05, 0) is 23.6 Å². The van der Waals surface area contributed by atoms with Crippen molar-refractivity contribution in [3.05, 3.63) is 71.5 Å². The number of amidine groups is 1. The SMILES string of the molecule is CC(C)C1C(O)=C(C2=NS(=O)(=O)c3ccccc3N2)C(=O)N1Cc1ccccc1. The van der Waals surface area contributed by atoms with Gasteiger partial charge < -0.3 is 15.3 Å². The van der Waals surface area contributed by atoms with Gasteiger partial charge in [0.05, 0.1) is 11.7 Å². The van der Waals surface area contributed by atoms with E-state index in [-0.39, 0.29) is 28.0 Å². The third kappa shape index (κ3) is 3.29. The maximum atomic E-state index is 13.2. The van der Waals surface area contributed by atoms with E-state index in [0.29, 0.717) is 12.2 Å². The monoisotopic (exact) mass is 411 g/mol. The summed E-state index contributed by atoms with van der Waals surface area (Å²) in [7, 11) is -3.98. The molecule has 0 aliphatic carbocycles. The van der Waals surface area contributed by atoms with Gasteiger partial charge in [0, 0.05) is 6.54 Å². The summed E-state index contributed by atoms with van der Waals surface area (Å²) in [6, 6.07) is 15.2. The number of fused-ring (bicyclic) bond motifs is 1. The number of para-hydroxylation sites is 1. The second-order valence-electron chi connectivity index (χ2n) is 7.40. The highest BCUT2D eigenvalue weighted by molar-refractivity contribution is 7.90. The Morgan fingerprint density at radius 1 is 1.10 bits per heavy atom. The Hall–Kier alpha value is -3.13. The fourth-order valence-corrected chi connectivity index (χ4v) is 4.87. The third-order valence-corrected chi connectivity index (χ3v) is 6.38. The number of hydrogen-bond acceptors (Lipinski definition) is 5. The van der Waals surface area contributed by atoms with Crippen molar-refractivity contribution in [2.75, 3.05) is 5.32 Å². The first kappa shape index (κ1) is 19.2. The Labute approximate surface area is 169 Å². The predicted octanol–water partition coefficient (Wildman–Crippen LogP) is 3.08. The molecule has 2 N–H and O–H groups in total. The Bertz CT molecular complexity index is 1140. The first-order chi connectivity index (χ1) is 13.8. The van der Waals surface area contributed by atoms with Crippen molar-refractivity contribution in [1.82, 2.24) is 4.90 Å². The lowest BCUT2D eigenvalue weighted by atomic mass is 10.0. The standard InChI is InChI=1S/C21H21N3O4S/c1-13(2)18-19(25)17(21(26)24(18)12-14-8-4-3-5-9-14)20-22-15-10-6-7-11-16(15)29(27,28)23-20/h3-11,13,18,25H,12H2,1-2H3,(H,22,23). The summed E-state index contributed by atoms with van der Waals surface area (Å²) in [5.41, 5.74) is 1.14. The summed E-state index contributed by atoms with van der Waals surface area (Å²) in [5, 5.41) is 13.8. The Kier molecular flexibility index (Phi) is 4.66. The molecule has 2 heterocycles. The number of rotatable bonds is 4. The van der Waals surface area contributed by atoms with Crippen LogP contribution >= 0.6 is 0 Å². The van der Waals surface area contributed by atoms with Crippen molar-refractivity contribution in [1.29, 1.82) is 0 Å². The molecular formula is C21H21N3O4S. The van der Waals surface area contributed by atoms with Gasteiger partial charge in [-0.25, -0.2) is 0 Å². The minimum atomic E-state index is -3.98. The van der Waals surface area contributed by atoms with Crippen LogP contribution in [0.4, 0.5) is 5.69 Å². The van der Waals surface area contributed by atoms with E-state index in [2.05, 4.69) is 9.71 Å². The summed E-state index contributed by atoms with van der Waals surface area (Å²) < 4.78 is 29.0. The van der Waals surface area contributed by atoms with E-state index in [0.717, 1.165) is 5.56 Å². The highest BCUT2D eigenvalue weighted by Crippen LogP contribution is 2.35. The maximum absolute atomic E-state index is 13.2. The number of nitrogens with zero attached hydrogens (tertiary/aromatic N) is 2. The number of aliphatic hydroxyl groups is 1. The average molecular weight is 411 g/mol. The van der Waals surface area contributed by atoms with E-state index in [9.17, 15) is 18.3 Å². The summed E-state index contributed by atoms with van der Waals surface area (Å²) in [6.45, 7) is 4.10. The number of amides is 1. The van der Waals surface area contributed by atoms with Crippen molar-refractivity contribution in [3.8, 4) is 0 Å². The lowest BCUT2D eigenvalue weighted by Crippen LogP contribution is -2.39. The highest BCUT2D eigenvalue weighted by Gasteiger charge is 2.44. The molecular weight excluding hydrogens is 390 g/mol. The van der Waals surface area contributed by atoms with Gasteiger partial charge in [0.1, 0.15) is 16.2 Å². The number of carbonyl (C=O) groups excluding carboxylic acids is 1. The van der Waals surface area contributed by atoms with Gasteiger partial charge in [-0.1, -0.05) is 56.3 Å². The van der Waals surface area contributed by atoms with Crippen molar-refractivity contribution >= 4 is 27.5 Å². The average Bonchev–Trinajstić information content (AvgIpc) is 2.92. The van der Waals surface area contributed by atoms with E-state index in [1.807, 2.05) is 44.2 Å². The van der Waals surface area contributed by atoms with Crippen LogP contribution in [-0.2, 0) is 21.4 Å². The van der Waals surface area contributed by atoms with Gasteiger partial charge in [-0.15, -0.1) is 4.40 Å². The zero-order valence-electron chi connectivity index (χ0n) is 16.0. The van der Waals surface area contributed by atoms with Gasteiger partial charge >= 0.3 is 0 Å². The number of anilines is 1. The van der Waals surface area contributed by atoms with Crippen LogP contribution in [-0.4, -0.2) is 36.2 Å². The van der Waals surface area contributed by atoms with Crippen molar-refractivity contribution in [2.24, 2.45) is 10.3 Å². The first-order valence-corrected chi connectivity index (χ1v) is 10.7. The summed E-state index contributed by atoms with van der Waals surface area (Å²) >= 11 is 0. The highest BCUT2D eigenvalue weighted by atomic mass is 32.2. The molecule has 0 saturated carbocycles. The Morgan fingerprint density at radius 3 is 2.45 bits per heavy atom. The molecule has 0 fully saturated rings. The summed E-state index contributed by atoms with van der Waals surface area (Å²) in [6.07, 6.45) is 0. The lowest BCUT2D eigenvalue weighted by Gasteiger charge is -2.28. The van der Waals surface area contributed by atoms with Crippen LogP contribution in [0.5, 0.6) is 0 Å². The number of hydrogen-bond donors (Lipinski definition) is 2. The van der Waals surface area contributed by atoms with Gasteiger partial charge in [-0.3, -0.25) is 4.79 Å². The molecule has 1 unspecified atom stereocenters. The van der Waals surface area contributed by atoms with Crippen LogP contribution in [0.3, 0.4) is 0 Å². The number of sulfonamides is 1. The fraction of sp³-hybridized carbons (Fsp3) is 0.238. The molecule has 0 aromatic heterocycles. The van der Waals surface area contributed by atoms with Gasteiger partial charge in [0.2, 0.25) is 0 Å². The van der Waals surface area contributed by atoms with Gasteiger partial charge in [0.25, 0.3) is 15.9 Å². The van der Waals surface area contributed by atoms with Gasteiger partial charge in [0.15, 0.2) is 5.84 Å². The molecule has 4 rings (SSSR count). The smallest absolute Gasteiger partial charge is 0.286 e. The van der Waals surface area contributed by atoms with Crippen LogP contribution in [0.2, 0.25) is 0 Å². The molecule has 0 spiro atoms. The molecule has 2 aromatic rings. The van der Waals surface area contributed by atoms with Crippen molar-refractivity contribution in [3.63, 3.8) is 0 Å². The first-order valence-electron chi connectivity index (χ1n) is 9.29. The number of aliphatic hydroxyl groups excluding tert-OH is 1. The molecule has 8 heteroatoms. The molecule has 2 aromatic carbocycles. The van der Waals surface area contributed by atoms with Crippen molar-refractivity contribution in [2.45, 2.75) is 31.3 Å². The van der Waals surface area contributed by atoms with Gasteiger partial charge in [-0.2, -0.15) is 8.42 Å². The molecule has 0 saturated heterocycles. The minimum Gasteiger partial charge on any atom is -0.509 e. The van der Waals surface area contributed by atoms with E-state index in [1.165, 1.54) is 6.07 Å². The molecule has 1 amide bonds. The normalized spacial score (nSPS) is 20.5. The number of carbonyl (C=O) groups is 1. The van der Waals surface area contributed by atoms with Crippen LogP contribution in [0.15, 0.2) is 75.2 Å². The molecule has 1 atom stereocenters. The molecule has 29 heavy (non-hydrogen) atoms. The zero-order valence-corrected chi connectivity index (χ0v) is 16.8. The largest absolute Gasteiger partial charge is 0.509 e. The van der Waals surface area contributed by atoms with E-state index < -0.39 is 22.0 Å². The third-order valence-electron chi connectivity index (χ3n) is 5.04. The number of nitrogens with one attached hydrogen (secondary N) is 1. The van der Waals surface area contributed by atoms with E-state index in [1.54, 1.807) is 23.1 Å². The summed E-state index contributed by atoms with van der Waals surface area (Å²) in [4.78, 5) is 14.8. The minimum absolute atomic E-state index is 0.0378. The molecule has 2 aliphatic heterocycles. The van der Waals surface area contributed by atoms with Crippen molar-refractivity contribution < 1.29 is 18.3 Å². The van der Waals surface area contributed by atoms with Crippen LogP contribution in [0, 0.1) is 5.92 Å². The Balaban J connectivity index is 1.76. The zero-order chi connectivity index (χ0) is 20.8. The quantitative estimate of drug-likeness (QED) is 0.806. The molecule has 0 radical (unpaired) electrons. The predicted molar refractivity (Wildman–Crippen MR) is 110 cm³/mol. The second-order valence-corrected chi connectivity index (χ2v) is 8.98. The topological polar surface area (TPSA) is 99.1 Å². The second kappa shape index (κ2) is 7.04. The molecule has 0 bridgehead atoms. The maximum Gasteiger partial charge on any atom is 0.286 e. The van der Waals surface area contributed by atoms with Crippen LogP contribution < -0.4 is 5.32 Å². The lowest BCUT2D eigenvalue weighted by molar-refractivity contribution is -0.128. The molecule has 2 aliphatic rings. The Morgan fingerprint density at radius 2 is 1.76 bits per heavy atom.